The van der Waals surface area contributed by atoms with E-state index in [0.29, 0.717) is 17.9 Å². The predicted octanol–water partition coefficient (Wildman–Crippen LogP) is 1.76. The Morgan fingerprint density at radius 3 is 2.79 bits per heavy atom. The number of carbonyl (C=O) groups excluding carboxylic acids is 1. The van der Waals surface area contributed by atoms with Gasteiger partial charge in [-0.15, -0.1) is 0 Å². The van der Waals surface area contributed by atoms with Crippen LogP contribution >= 0.6 is 11.8 Å². The lowest BCUT2D eigenvalue weighted by atomic mass is 10.1. The number of nitrogen functional groups attached to an aromatic ring is 1. The Hall–Kier alpha value is -1.17. The van der Waals surface area contributed by atoms with Crippen molar-refractivity contribution < 1.29 is 4.79 Å². The molecule has 6 heteroatoms. The van der Waals surface area contributed by atoms with E-state index in [9.17, 15) is 4.79 Å². The molecule has 19 heavy (non-hydrogen) atoms. The van der Waals surface area contributed by atoms with E-state index in [-0.39, 0.29) is 10.7 Å². The molecular formula is C13H22N4OS. The fourth-order valence-corrected chi connectivity index (χ4v) is 3.50. The summed E-state index contributed by atoms with van der Waals surface area (Å²) in [7, 11) is 0. The second kappa shape index (κ2) is 5.07. The molecule has 106 valence electrons. The van der Waals surface area contributed by atoms with Crippen molar-refractivity contribution in [1.29, 1.82) is 0 Å². The molecule has 1 aromatic rings. The van der Waals surface area contributed by atoms with Gasteiger partial charge in [0, 0.05) is 30.1 Å². The summed E-state index contributed by atoms with van der Waals surface area (Å²) in [6, 6.07) is 0. The molecule has 0 radical (unpaired) electrons. The zero-order chi connectivity index (χ0) is 14.2. The van der Waals surface area contributed by atoms with Crippen LogP contribution in [0.4, 0.5) is 5.69 Å². The standard InChI is InChI=1S/C13H22N4OS/c1-5-17-11(10(14)9(2)15-17)12(18)16-6-7-19-13(3,4)8-16/h5-8,14H2,1-4H3. The highest BCUT2D eigenvalue weighted by Crippen LogP contribution is 2.31. The fraction of sp³-hybridized carbons (Fsp3) is 0.692. The minimum absolute atomic E-state index is 0.00771. The molecular weight excluding hydrogens is 260 g/mol. The van der Waals surface area contributed by atoms with E-state index >= 15 is 0 Å². The van der Waals surface area contributed by atoms with E-state index in [1.807, 2.05) is 30.5 Å². The molecule has 0 atom stereocenters. The molecule has 1 amide bonds. The average molecular weight is 282 g/mol. The van der Waals surface area contributed by atoms with Gasteiger partial charge in [-0.1, -0.05) is 0 Å². The van der Waals surface area contributed by atoms with Crippen LogP contribution in [0.2, 0.25) is 0 Å². The van der Waals surface area contributed by atoms with Gasteiger partial charge in [0.2, 0.25) is 0 Å². The number of hydrogen-bond donors (Lipinski definition) is 1. The fourth-order valence-electron chi connectivity index (χ4n) is 2.39. The highest BCUT2D eigenvalue weighted by Gasteiger charge is 2.32. The maximum absolute atomic E-state index is 12.7. The van der Waals surface area contributed by atoms with Gasteiger partial charge < -0.3 is 10.6 Å². The van der Waals surface area contributed by atoms with Crippen LogP contribution in [0.3, 0.4) is 0 Å². The van der Waals surface area contributed by atoms with Crippen molar-refractivity contribution in [3.05, 3.63) is 11.4 Å². The van der Waals surface area contributed by atoms with Gasteiger partial charge in [0.25, 0.3) is 5.91 Å². The quantitative estimate of drug-likeness (QED) is 0.897. The number of hydrogen-bond acceptors (Lipinski definition) is 4. The Bertz CT molecular complexity index is 495. The Labute approximate surface area is 118 Å². The van der Waals surface area contributed by atoms with E-state index in [4.69, 9.17) is 5.73 Å². The first-order chi connectivity index (χ1) is 8.85. The van der Waals surface area contributed by atoms with Gasteiger partial charge in [0.05, 0.1) is 11.4 Å². The van der Waals surface area contributed by atoms with Gasteiger partial charge in [-0.05, 0) is 27.7 Å². The summed E-state index contributed by atoms with van der Waals surface area (Å²) in [6.45, 7) is 10.3. The van der Waals surface area contributed by atoms with Crippen molar-refractivity contribution in [3.8, 4) is 0 Å². The van der Waals surface area contributed by atoms with Crippen LogP contribution < -0.4 is 5.73 Å². The maximum atomic E-state index is 12.7. The lowest BCUT2D eigenvalue weighted by molar-refractivity contribution is 0.0736. The van der Waals surface area contributed by atoms with Gasteiger partial charge in [0.15, 0.2) is 0 Å². The number of nitrogens with zero attached hydrogens (tertiary/aromatic N) is 3. The molecule has 5 nitrogen and oxygen atoms in total. The molecule has 1 fully saturated rings. The number of amides is 1. The largest absolute Gasteiger partial charge is 0.395 e. The van der Waals surface area contributed by atoms with E-state index in [1.165, 1.54) is 0 Å². The molecule has 0 unspecified atom stereocenters. The summed E-state index contributed by atoms with van der Waals surface area (Å²) in [5.74, 6) is 0.978. The second-order valence-corrected chi connectivity index (χ2v) is 7.30. The van der Waals surface area contributed by atoms with E-state index < -0.39 is 0 Å². The smallest absolute Gasteiger partial charge is 0.274 e. The van der Waals surface area contributed by atoms with Gasteiger partial charge in [-0.3, -0.25) is 9.48 Å². The van der Waals surface area contributed by atoms with Crippen molar-refractivity contribution in [2.75, 3.05) is 24.6 Å². The third kappa shape index (κ3) is 2.73. The van der Waals surface area contributed by atoms with Gasteiger partial charge in [0.1, 0.15) is 5.69 Å². The van der Waals surface area contributed by atoms with Crippen LogP contribution in [0.15, 0.2) is 0 Å². The normalized spacial score (nSPS) is 18.6. The first-order valence-corrected chi connectivity index (χ1v) is 7.60. The Balaban J connectivity index is 2.29. The van der Waals surface area contributed by atoms with Crippen LogP contribution in [0.1, 0.15) is 37.0 Å². The van der Waals surface area contributed by atoms with Crippen LogP contribution in [-0.4, -0.2) is 44.2 Å². The minimum atomic E-state index is 0.00771. The summed E-state index contributed by atoms with van der Waals surface area (Å²) in [5.41, 5.74) is 7.81. The first kappa shape index (κ1) is 14.2. The molecule has 0 aliphatic carbocycles. The Kier molecular flexibility index (Phi) is 3.80. The Morgan fingerprint density at radius 2 is 2.21 bits per heavy atom. The summed E-state index contributed by atoms with van der Waals surface area (Å²) in [4.78, 5) is 14.6. The minimum Gasteiger partial charge on any atom is -0.395 e. The number of anilines is 1. The SMILES string of the molecule is CCn1nc(C)c(N)c1C(=O)N1CCSC(C)(C)C1. The van der Waals surface area contributed by atoms with Crippen LogP contribution in [0.5, 0.6) is 0 Å². The van der Waals surface area contributed by atoms with Crippen LogP contribution in [0, 0.1) is 6.92 Å². The van der Waals surface area contributed by atoms with Gasteiger partial charge in [-0.2, -0.15) is 16.9 Å². The summed E-state index contributed by atoms with van der Waals surface area (Å²) in [5, 5.41) is 4.32. The predicted molar refractivity (Wildman–Crippen MR) is 79.5 cm³/mol. The van der Waals surface area contributed by atoms with Crippen molar-refractivity contribution in [3.63, 3.8) is 0 Å². The summed E-state index contributed by atoms with van der Waals surface area (Å²) in [6.07, 6.45) is 0. The first-order valence-electron chi connectivity index (χ1n) is 6.62. The van der Waals surface area contributed by atoms with Crippen molar-refractivity contribution in [1.82, 2.24) is 14.7 Å². The number of carbonyl (C=O) groups is 1. The summed E-state index contributed by atoms with van der Waals surface area (Å²) >= 11 is 1.91. The van der Waals surface area contributed by atoms with E-state index in [1.54, 1.807) is 4.68 Å². The molecule has 2 rings (SSSR count). The molecule has 2 N–H and O–H groups in total. The lowest BCUT2D eigenvalue weighted by Gasteiger charge is -2.37. The number of aromatic nitrogens is 2. The van der Waals surface area contributed by atoms with Crippen LogP contribution in [0.25, 0.3) is 0 Å². The molecule has 1 aromatic heterocycles. The molecule has 0 aromatic carbocycles. The molecule has 2 heterocycles. The van der Waals surface area contributed by atoms with Gasteiger partial charge in [-0.25, -0.2) is 0 Å². The van der Waals surface area contributed by atoms with E-state index in [0.717, 1.165) is 24.5 Å². The third-order valence-corrected chi connectivity index (χ3v) is 4.69. The second-order valence-electron chi connectivity index (χ2n) is 5.50. The number of thioether (sulfide) groups is 1. The average Bonchev–Trinajstić information content (AvgIpc) is 2.63. The topological polar surface area (TPSA) is 64.2 Å². The zero-order valence-corrected chi connectivity index (χ0v) is 12.9. The number of rotatable bonds is 2. The van der Waals surface area contributed by atoms with E-state index in [2.05, 4.69) is 18.9 Å². The third-order valence-electron chi connectivity index (χ3n) is 3.39. The number of aryl methyl sites for hydroxylation is 2. The van der Waals surface area contributed by atoms with Crippen molar-refractivity contribution in [2.24, 2.45) is 0 Å². The lowest BCUT2D eigenvalue weighted by Crippen LogP contribution is -2.46. The van der Waals surface area contributed by atoms with Gasteiger partial charge >= 0.3 is 0 Å². The summed E-state index contributed by atoms with van der Waals surface area (Å²) < 4.78 is 1.82. The Morgan fingerprint density at radius 1 is 1.53 bits per heavy atom. The van der Waals surface area contributed by atoms with Crippen molar-refractivity contribution >= 4 is 23.4 Å². The highest BCUT2D eigenvalue weighted by molar-refractivity contribution is 8.00. The number of nitrogens with two attached hydrogens (primary N) is 1. The monoisotopic (exact) mass is 282 g/mol. The zero-order valence-electron chi connectivity index (χ0n) is 12.1. The molecule has 0 saturated carbocycles. The highest BCUT2D eigenvalue weighted by atomic mass is 32.2. The molecule has 0 spiro atoms. The molecule has 1 aliphatic heterocycles. The molecule has 1 aliphatic rings. The van der Waals surface area contributed by atoms with Crippen LogP contribution in [-0.2, 0) is 6.54 Å². The molecule has 0 bridgehead atoms. The molecule has 1 saturated heterocycles. The maximum Gasteiger partial charge on any atom is 0.274 e. The van der Waals surface area contributed by atoms with Crippen molar-refractivity contribution in [2.45, 2.75) is 39.0 Å².